The zero-order valence-electron chi connectivity index (χ0n) is 16.4. The fourth-order valence-corrected chi connectivity index (χ4v) is 5.92. The van der Waals surface area contributed by atoms with Crippen molar-refractivity contribution in [3.8, 4) is 0 Å². The summed E-state index contributed by atoms with van der Waals surface area (Å²) in [5.74, 6) is 0. The van der Waals surface area contributed by atoms with Crippen molar-refractivity contribution in [3.63, 3.8) is 0 Å². The van der Waals surface area contributed by atoms with Gasteiger partial charge in [-0.15, -0.1) is 11.3 Å². The lowest BCUT2D eigenvalue weighted by Crippen LogP contribution is -2.59. The molecular weight excluding hydrogens is 358 g/mol. The van der Waals surface area contributed by atoms with E-state index in [0.717, 1.165) is 25.1 Å². The number of piperidine rings is 2. The van der Waals surface area contributed by atoms with Crippen LogP contribution >= 0.6 is 11.3 Å². The monoisotopic (exact) mass is 387 g/mol. The van der Waals surface area contributed by atoms with Gasteiger partial charge in [0.1, 0.15) is 0 Å². The molecule has 1 N–H and O–H groups in total. The van der Waals surface area contributed by atoms with Crippen LogP contribution in [0, 0.1) is 20.8 Å². The molecule has 2 aromatic heterocycles. The van der Waals surface area contributed by atoms with Gasteiger partial charge in [0, 0.05) is 34.4 Å². The van der Waals surface area contributed by atoms with E-state index in [1.807, 2.05) is 18.3 Å². The average Bonchev–Trinajstić information content (AvgIpc) is 2.89. The van der Waals surface area contributed by atoms with Crippen LogP contribution in [0.5, 0.6) is 0 Å². The summed E-state index contributed by atoms with van der Waals surface area (Å²) in [5, 5.41) is 15.7. The molecule has 2 saturated heterocycles. The summed E-state index contributed by atoms with van der Waals surface area (Å²) in [6.07, 6.45) is 4.90. The van der Waals surface area contributed by atoms with Gasteiger partial charge in [-0.3, -0.25) is 9.69 Å². The van der Waals surface area contributed by atoms with Crippen molar-refractivity contribution in [2.45, 2.75) is 83.6 Å². The Morgan fingerprint density at radius 2 is 1.93 bits per heavy atom. The molecule has 0 aliphatic carbocycles. The third-order valence-corrected chi connectivity index (χ3v) is 7.19. The minimum Gasteiger partial charge on any atom is -0.388 e. The summed E-state index contributed by atoms with van der Waals surface area (Å²) >= 11 is 1.87. The molecule has 2 unspecified atom stereocenters. The van der Waals surface area contributed by atoms with Crippen LogP contribution in [0.25, 0.3) is 0 Å². The van der Waals surface area contributed by atoms with Gasteiger partial charge in [0.25, 0.3) is 5.56 Å². The van der Waals surface area contributed by atoms with Crippen LogP contribution in [0.3, 0.4) is 0 Å². The largest absolute Gasteiger partial charge is 0.388 e. The summed E-state index contributed by atoms with van der Waals surface area (Å²) in [6.45, 7) is 7.53. The standard InChI is InChI=1S/C21H29N3O2S/c1-14-7-8-20(25)24(22-14)13-21(26)10-18-5-4-6-19(11-21)23(18)12-17-9-15(2)27-16(17)3/h7-9,18-19,26H,4-6,10-13H2,1-3H3. The number of aromatic nitrogens is 2. The van der Waals surface area contributed by atoms with Crippen LogP contribution in [0.15, 0.2) is 23.0 Å². The highest BCUT2D eigenvalue weighted by molar-refractivity contribution is 7.12. The van der Waals surface area contributed by atoms with E-state index < -0.39 is 5.60 Å². The van der Waals surface area contributed by atoms with Gasteiger partial charge >= 0.3 is 0 Å². The Morgan fingerprint density at radius 3 is 2.56 bits per heavy atom. The van der Waals surface area contributed by atoms with Crippen LogP contribution in [-0.4, -0.2) is 37.5 Å². The minimum absolute atomic E-state index is 0.133. The van der Waals surface area contributed by atoms with E-state index in [-0.39, 0.29) is 5.56 Å². The van der Waals surface area contributed by atoms with Gasteiger partial charge < -0.3 is 5.11 Å². The number of nitrogens with zero attached hydrogens (tertiary/aromatic N) is 3. The maximum atomic E-state index is 12.2. The summed E-state index contributed by atoms with van der Waals surface area (Å²) in [6, 6.07) is 6.34. The van der Waals surface area contributed by atoms with E-state index in [9.17, 15) is 9.90 Å². The van der Waals surface area contributed by atoms with E-state index in [2.05, 4.69) is 29.9 Å². The second-order valence-corrected chi connectivity index (χ2v) is 9.91. The van der Waals surface area contributed by atoms with E-state index in [1.54, 1.807) is 12.1 Å². The highest BCUT2D eigenvalue weighted by Gasteiger charge is 2.45. The SMILES string of the molecule is Cc1ccc(=O)n(CC2(O)CC3CCCC(C2)N3Cc2cc(C)sc2C)n1. The zero-order chi connectivity index (χ0) is 19.2. The van der Waals surface area contributed by atoms with Gasteiger partial charge in [-0.2, -0.15) is 5.10 Å². The van der Waals surface area contributed by atoms with Crippen LogP contribution in [-0.2, 0) is 13.1 Å². The lowest BCUT2D eigenvalue weighted by atomic mass is 9.75. The Bertz CT molecular complexity index is 874. The molecule has 2 fully saturated rings. The van der Waals surface area contributed by atoms with Crippen molar-refractivity contribution in [2.24, 2.45) is 0 Å². The fourth-order valence-electron chi connectivity index (χ4n) is 4.99. The van der Waals surface area contributed by atoms with Crippen molar-refractivity contribution >= 4 is 11.3 Å². The predicted octanol–water partition coefficient (Wildman–Crippen LogP) is 3.18. The minimum atomic E-state index is -0.851. The van der Waals surface area contributed by atoms with Gasteiger partial charge in [-0.05, 0) is 64.2 Å². The molecule has 0 aromatic carbocycles. The van der Waals surface area contributed by atoms with Crippen molar-refractivity contribution in [3.05, 3.63) is 49.6 Å². The van der Waals surface area contributed by atoms with Gasteiger partial charge in [0.2, 0.25) is 0 Å². The molecule has 4 heterocycles. The molecule has 6 heteroatoms. The molecule has 0 saturated carbocycles. The Morgan fingerprint density at radius 1 is 1.22 bits per heavy atom. The molecule has 2 bridgehead atoms. The molecule has 2 atom stereocenters. The van der Waals surface area contributed by atoms with E-state index in [1.165, 1.54) is 26.4 Å². The molecule has 146 valence electrons. The number of hydrogen-bond donors (Lipinski definition) is 1. The highest BCUT2D eigenvalue weighted by Crippen LogP contribution is 2.41. The quantitative estimate of drug-likeness (QED) is 0.875. The van der Waals surface area contributed by atoms with Gasteiger partial charge in [-0.1, -0.05) is 6.42 Å². The van der Waals surface area contributed by atoms with Crippen molar-refractivity contribution in [1.29, 1.82) is 0 Å². The number of aliphatic hydroxyl groups is 1. The lowest BCUT2D eigenvalue weighted by molar-refractivity contribution is -0.105. The second-order valence-electron chi connectivity index (χ2n) is 8.45. The Labute approximate surface area is 164 Å². The van der Waals surface area contributed by atoms with Crippen LogP contribution < -0.4 is 5.56 Å². The molecule has 4 rings (SSSR count). The number of hydrogen-bond acceptors (Lipinski definition) is 5. The highest BCUT2D eigenvalue weighted by atomic mass is 32.1. The Hall–Kier alpha value is -1.50. The van der Waals surface area contributed by atoms with Crippen molar-refractivity contribution in [2.75, 3.05) is 0 Å². The first-order valence-electron chi connectivity index (χ1n) is 9.92. The van der Waals surface area contributed by atoms with E-state index in [4.69, 9.17) is 0 Å². The van der Waals surface area contributed by atoms with Gasteiger partial charge in [0.15, 0.2) is 0 Å². The Kier molecular flexibility index (Phi) is 4.99. The normalized spacial score (nSPS) is 28.4. The van der Waals surface area contributed by atoms with Gasteiger partial charge in [0.05, 0.1) is 17.8 Å². The summed E-state index contributed by atoms with van der Waals surface area (Å²) in [4.78, 5) is 17.5. The first-order valence-corrected chi connectivity index (χ1v) is 10.7. The number of aryl methyl sites for hydroxylation is 3. The molecule has 5 nitrogen and oxygen atoms in total. The molecule has 2 aromatic rings. The lowest BCUT2D eigenvalue weighted by Gasteiger charge is -2.52. The van der Waals surface area contributed by atoms with Crippen LogP contribution in [0.1, 0.15) is 53.1 Å². The molecule has 2 aliphatic rings. The third kappa shape index (κ3) is 3.89. The second kappa shape index (κ2) is 7.15. The number of thiophene rings is 1. The van der Waals surface area contributed by atoms with Gasteiger partial charge in [-0.25, -0.2) is 4.68 Å². The molecule has 2 aliphatic heterocycles. The zero-order valence-corrected chi connectivity index (χ0v) is 17.3. The molecular formula is C21H29N3O2S. The first-order chi connectivity index (χ1) is 12.8. The van der Waals surface area contributed by atoms with Crippen LogP contribution in [0.2, 0.25) is 0 Å². The topological polar surface area (TPSA) is 58.4 Å². The third-order valence-electron chi connectivity index (χ3n) is 6.18. The number of rotatable bonds is 4. The van der Waals surface area contributed by atoms with Crippen molar-refractivity contribution < 1.29 is 5.11 Å². The summed E-state index contributed by atoms with van der Waals surface area (Å²) in [5.41, 5.74) is 1.25. The Balaban J connectivity index is 1.54. The maximum Gasteiger partial charge on any atom is 0.266 e. The predicted molar refractivity (Wildman–Crippen MR) is 108 cm³/mol. The average molecular weight is 388 g/mol. The van der Waals surface area contributed by atoms with E-state index >= 15 is 0 Å². The number of fused-ring (bicyclic) bond motifs is 2. The molecule has 0 spiro atoms. The molecule has 27 heavy (non-hydrogen) atoms. The summed E-state index contributed by atoms with van der Waals surface area (Å²) in [7, 11) is 0. The first kappa shape index (κ1) is 18.8. The van der Waals surface area contributed by atoms with Crippen molar-refractivity contribution in [1.82, 2.24) is 14.7 Å². The van der Waals surface area contributed by atoms with Crippen LogP contribution in [0.4, 0.5) is 0 Å². The van der Waals surface area contributed by atoms with E-state index in [0.29, 0.717) is 31.5 Å². The smallest absolute Gasteiger partial charge is 0.266 e. The molecule has 0 amide bonds. The molecule has 0 radical (unpaired) electrons. The maximum absolute atomic E-state index is 12.2. The fraction of sp³-hybridized carbons (Fsp3) is 0.619. The summed E-state index contributed by atoms with van der Waals surface area (Å²) < 4.78 is 1.45.